The fourth-order valence-electron chi connectivity index (χ4n) is 2.75. The Kier molecular flexibility index (Phi) is 3.60. The third-order valence-corrected chi connectivity index (χ3v) is 3.75. The molecule has 0 aromatic heterocycles. The predicted molar refractivity (Wildman–Crippen MR) is 82.4 cm³/mol. The third kappa shape index (κ3) is 3.05. The molecule has 3 nitrogen and oxygen atoms in total. The molecule has 1 heterocycles. The molecule has 4 heteroatoms. The summed E-state index contributed by atoms with van der Waals surface area (Å²) in [4.78, 5) is 4.48. The molecule has 3 rings (SSSR count). The average molecular weight is 283 g/mol. The second kappa shape index (κ2) is 5.56. The van der Waals surface area contributed by atoms with Crippen LogP contribution in [0.3, 0.4) is 0 Å². The first-order valence-corrected chi connectivity index (χ1v) is 7.03. The minimum absolute atomic E-state index is 0.000539. The maximum Gasteiger partial charge on any atom is 0.189 e. The number of hydrogen-bond acceptors (Lipinski definition) is 3. The number of nitrogens with two attached hydrogens (primary N) is 1. The molecule has 0 bridgehead atoms. The maximum absolute atomic E-state index is 13.4. The Hall–Kier alpha value is -2.36. The summed E-state index contributed by atoms with van der Waals surface area (Å²) in [6, 6.07) is 14.9. The van der Waals surface area contributed by atoms with Crippen LogP contribution in [0.5, 0.6) is 0 Å². The molecular formula is C17H18FN3. The summed E-state index contributed by atoms with van der Waals surface area (Å²) in [5.41, 5.74) is 9.14. The van der Waals surface area contributed by atoms with Crippen molar-refractivity contribution >= 4 is 5.96 Å². The topological polar surface area (TPSA) is 50.4 Å². The highest BCUT2D eigenvalue weighted by Crippen LogP contribution is 2.32. The van der Waals surface area contributed by atoms with Gasteiger partial charge >= 0.3 is 0 Å². The average Bonchev–Trinajstić information content (AvgIpc) is 2.46. The molecular weight excluding hydrogens is 265 g/mol. The fourth-order valence-corrected chi connectivity index (χ4v) is 2.75. The Labute approximate surface area is 123 Å². The van der Waals surface area contributed by atoms with Gasteiger partial charge in [-0.05, 0) is 36.6 Å². The molecule has 0 radical (unpaired) electrons. The molecule has 0 saturated carbocycles. The number of rotatable bonds is 2. The largest absolute Gasteiger partial charge is 0.370 e. The number of aryl methyl sites for hydroxylation is 1. The summed E-state index contributed by atoms with van der Waals surface area (Å²) < 4.78 is 13.4. The zero-order chi connectivity index (χ0) is 14.8. The standard InChI is InChI=1S/C17H18FN3/c1-11-4-2-5-12(8-11)15-10-16(21-17(19)20-15)13-6-3-7-14(18)9-13/h2-9,15-16H,10H2,1H3,(H3,19,20,21). The van der Waals surface area contributed by atoms with Gasteiger partial charge in [-0.15, -0.1) is 0 Å². The first-order chi connectivity index (χ1) is 10.1. The molecule has 0 saturated heterocycles. The van der Waals surface area contributed by atoms with Gasteiger partial charge in [-0.3, -0.25) is 0 Å². The summed E-state index contributed by atoms with van der Waals surface area (Å²) >= 11 is 0. The number of benzene rings is 2. The van der Waals surface area contributed by atoms with Gasteiger partial charge in [0.05, 0.1) is 12.1 Å². The Morgan fingerprint density at radius 1 is 1.14 bits per heavy atom. The normalized spacial score (nSPS) is 21.5. The van der Waals surface area contributed by atoms with Crippen molar-refractivity contribution in [2.75, 3.05) is 0 Å². The molecule has 1 aliphatic rings. The zero-order valence-electron chi connectivity index (χ0n) is 11.9. The molecule has 2 aromatic rings. The van der Waals surface area contributed by atoms with E-state index in [4.69, 9.17) is 5.73 Å². The van der Waals surface area contributed by atoms with E-state index in [1.807, 2.05) is 12.1 Å². The van der Waals surface area contributed by atoms with Crippen molar-refractivity contribution < 1.29 is 4.39 Å². The van der Waals surface area contributed by atoms with E-state index in [1.54, 1.807) is 12.1 Å². The third-order valence-electron chi connectivity index (χ3n) is 3.75. The Morgan fingerprint density at radius 3 is 2.67 bits per heavy atom. The molecule has 1 aliphatic heterocycles. The van der Waals surface area contributed by atoms with E-state index in [9.17, 15) is 4.39 Å². The lowest BCUT2D eigenvalue weighted by molar-refractivity contribution is 0.484. The number of nitrogens with one attached hydrogen (secondary N) is 1. The lowest BCUT2D eigenvalue weighted by atomic mass is 9.93. The first kappa shape index (κ1) is 13.6. The van der Waals surface area contributed by atoms with E-state index in [-0.39, 0.29) is 17.9 Å². The predicted octanol–water partition coefficient (Wildman–Crippen LogP) is 3.22. The van der Waals surface area contributed by atoms with Crippen LogP contribution in [0.2, 0.25) is 0 Å². The molecule has 2 unspecified atom stereocenters. The van der Waals surface area contributed by atoms with E-state index in [1.165, 1.54) is 11.6 Å². The van der Waals surface area contributed by atoms with Gasteiger partial charge in [-0.2, -0.15) is 0 Å². The van der Waals surface area contributed by atoms with Crippen LogP contribution < -0.4 is 11.1 Å². The van der Waals surface area contributed by atoms with Crippen LogP contribution in [-0.4, -0.2) is 5.96 Å². The van der Waals surface area contributed by atoms with E-state index >= 15 is 0 Å². The number of aliphatic imine (C=N–C) groups is 1. The summed E-state index contributed by atoms with van der Waals surface area (Å²) in [7, 11) is 0. The number of hydrogen-bond donors (Lipinski definition) is 2. The van der Waals surface area contributed by atoms with Gasteiger partial charge in [0.15, 0.2) is 5.96 Å². The number of guanidine groups is 1. The molecule has 3 N–H and O–H groups in total. The van der Waals surface area contributed by atoms with Gasteiger partial charge in [-0.25, -0.2) is 9.38 Å². The lowest BCUT2D eigenvalue weighted by Crippen LogP contribution is -2.39. The van der Waals surface area contributed by atoms with Gasteiger partial charge in [0, 0.05) is 0 Å². The summed E-state index contributed by atoms with van der Waals surface area (Å²) in [6.07, 6.45) is 0.758. The van der Waals surface area contributed by atoms with E-state index in [0.717, 1.165) is 17.5 Å². The highest BCUT2D eigenvalue weighted by Gasteiger charge is 2.24. The minimum atomic E-state index is -0.234. The second-order valence-electron chi connectivity index (χ2n) is 5.43. The van der Waals surface area contributed by atoms with Crippen molar-refractivity contribution in [1.82, 2.24) is 5.32 Å². The lowest BCUT2D eigenvalue weighted by Gasteiger charge is -2.29. The number of halogens is 1. The smallest absolute Gasteiger partial charge is 0.189 e. The highest BCUT2D eigenvalue weighted by atomic mass is 19.1. The van der Waals surface area contributed by atoms with Crippen LogP contribution in [-0.2, 0) is 0 Å². The molecule has 0 fully saturated rings. The van der Waals surface area contributed by atoms with E-state index in [0.29, 0.717) is 5.96 Å². The van der Waals surface area contributed by atoms with Crippen molar-refractivity contribution in [3.63, 3.8) is 0 Å². The molecule has 108 valence electrons. The Bertz CT molecular complexity index is 681. The van der Waals surface area contributed by atoms with Crippen LogP contribution in [0.15, 0.2) is 53.5 Å². The van der Waals surface area contributed by atoms with Crippen LogP contribution in [0, 0.1) is 12.7 Å². The van der Waals surface area contributed by atoms with Crippen molar-refractivity contribution in [3.05, 3.63) is 71.0 Å². The van der Waals surface area contributed by atoms with Crippen molar-refractivity contribution in [2.45, 2.75) is 25.4 Å². The van der Waals surface area contributed by atoms with Crippen molar-refractivity contribution in [2.24, 2.45) is 10.7 Å². The van der Waals surface area contributed by atoms with Crippen LogP contribution in [0.1, 0.15) is 35.2 Å². The first-order valence-electron chi connectivity index (χ1n) is 7.03. The molecule has 2 aromatic carbocycles. The minimum Gasteiger partial charge on any atom is -0.370 e. The van der Waals surface area contributed by atoms with Gasteiger partial charge in [0.1, 0.15) is 5.82 Å². The van der Waals surface area contributed by atoms with Crippen molar-refractivity contribution in [1.29, 1.82) is 0 Å². The Morgan fingerprint density at radius 2 is 1.90 bits per heavy atom. The second-order valence-corrected chi connectivity index (χ2v) is 5.43. The zero-order valence-corrected chi connectivity index (χ0v) is 11.9. The molecule has 2 atom stereocenters. The fraction of sp³-hybridized carbons (Fsp3) is 0.235. The van der Waals surface area contributed by atoms with E-state index in [2.05, 4.69) is 35.4 Å². The van der Waals surface area contributed by atoms with Crippen molar-refractivity contribution in [3.8, 4) is 0 Å². The SMILES string of the molecule is Cc1cccc(C2CC(c3cccc(F)c3)NC(N)=N2)c1. The molecule has 21 heavy (non-hydrogen) atoms. The molecule has 0 amide bonds. The quantitative estimate of drug-likeness (QED) is 0.889. The summed E-state index contributed by atoms with van der Waals surface area (Å²) in [6.45, 7) is 2.06. The van der Waals surface area contributed by atoms with Crippen LogP contribution in [0.4, 0.5) is 4.39 Å². The highest BCUT2D eigenvalue weighted by molar-refractivity contribution is 5.79. The summed E-state index contributed by atoms with van der Waals surface area (Å²) in [5.74, 6) is 0.171. The van der Waals surface area contributed by atoms with Gasteiger partial charge in [0.2, 0.25) is 0 Å². The molecule has 0 aliphatic carbocycles. The monoisotopic (exact) mass is 283 g/mol. The maximum atomic E-state index is 13.4. The summed E-state index contributed by atoms with van der Waals surface area (Å²) in [5, 5.41) is 3.14. The molecule has 0 spiro atoms. The van der Waals surface area contributed by atoms with Crippen LogP contribution in [0.25, 0.3) is 0 Å². The van der Waals surface area contributed by atoms with E-state index < -0.39 is 0 Å². The van der Waals surface area contributed by atoms with Gasteiger partial charge < -0.3 is 11.1 Å². The number of nitrogens with zero attached hydrogens (tertiary/aromatic N) is 1. The van der Waals surface area contributed by atoms with Gasteiger partial charge in [-0.1, -0.05) is 42.0 Å². The van der Waals surface area contributed by atoms with Gasteiger partial charge in [0.25, 0.3) is 0 Å². The van der Waals surface area contributed by atoms with Crippen LogP contribution >= 0.6 is 0 Å². The Balaban J connectivity index is 1.89.